The first-order valence-corrected chi connectivity index (χ1v) is 8.99. The van der Waals surface area contributed by atoms with E-state index in [0.717, 1.165) is 32.2 Å². The fourth-order valence-electron chi connectivity index (χ4n) is 3.75. The van der Waals surface area contributed by atoms with E-state index in [-0.39, 0.29) is 17.9 Å². The number of piperazine rings is 1. The molecule has 0 aromatic rings. The van der Waals surface area contributed by atoms with Crippen molar-refractivity contribution in [1.29, 1.82) is 0 Å². The van der Waals surface area contributed by atoms with Crippen LogP contribution in [0.3, 0.4) is 0 Å². The first-order valence-electron chi connectivity index (χ1n) is 7.83. The first-order chi connectivity index (χ1) is 9.62. The van der Waals surface area contributed by atoms with E-state index in [9.17, 15) is 9.59 Å². The van der Waals surface area contributed by atoms with E-state index in [2.05, 4.69) is 5.32 Å². The van der Waals surface area contributed by atoms with Crippen LogP contribution in [-0.4, -0.2) is 46.3 Å². The highest BCUT2D eigenvalue weighted by Crippen LogP contribution is 2.35. The molecule has 0 radical (unpaired) electrons. The lowest BCUT2D eigenvalue weighted by molar-refractivity contribution is -0.154. The van der Waals surface area contributed by atoms with Gasteiger partial charge in [0.2, 0.25) is 11.8 Å². The van der Waals surface area contributed by atoms with E-state index in [1.165, 1.54) is 24.3 Å². The summed E-state index contributed by atoms with van der Waals surface area (Å²) in [6.07, 6.45) is 6.09. The zero-order chi connectivity index (χ0) is 14.2. The van der Waals surface area contributed by atoms with Crippen LogP contribution in [0.1, 0.15) is 45.4 Å². The third-order valence-electron chi connectivity index (χ3n) is 5.13. The summed E-state index contributed by atoms with van der Waals surface area (Å²) in [5, 5.41) is 3.02. The van der Waals surface area contributed by atoms with E-state index in [0.29, 0.717) is 5.92 Å². The van der Waals surface area contributed by atoms with Gasteiger partial charge in [0.1, 0.15) is 11.6 Å². The van der Waals surface area contributed by atoms with Crippen molar-refractivity contribution in [2.24, 2.45) is 5.92 Å². The topological polar surface area (TPSA) is 49.4 Å². The summed E-state index contributed by atoms with van der Waals surface area (Å²) < 4.78 is 0. The monoisotopic (exact) mass is 296 g/mol. The third kappa shape index (κ3) is 2.45. The second-order valence-electron chi connectivity index (χ2n) is 6.47. The molecule has 5 heteroatoms. The molecule has 112 valence electrons. The largest absolute Gasteiger partial charge is 0.340 e. The Morgan fingerprint density at radius 3 is 2.55 bits per heavy atom. The molecule has 4 nitrogen and oxygen atoms in total. The lowest BCUT2D eigenvalue weighted by Crippen LogP contribution is -2.69. The lowest BCUT2D eigenvalue weighted by atomic mass is 9.89. The minimum Gasteiger partial charge on any atom is -0.340 e. The van der Waals surface area contributed by atoms with Crippen LogP contribution in [-0.2, 0) is 9.59 Å². The maximum atomic E-state index is 12.9. The van der Waals surface area contributed by atoms with Gasteiger partial charge in [-0.2, -0.15) is 11.8 Å². The maximum absolute atomic E-state index is 12.9. The Morgan fingerprint density at radius 1 is 1.25 bits per heavy atom. The number of hydrogen-bond donors (Lipinski definition) is 1. The van der Waals surface area contributed by atoms with E-state index < -0.39 is 5.54 Å². The van der Waals surface area contributed by atoms with Gasteiger partial charge in [-0.15, -0.1) is 0 Å². The number of amides is 2. The molecule has 20 heavy (non-hydrogen) atoms. The average molecular weight is 296 g/mol. The molecule has 3 rings (SSSR count). The SMILES string of the molecule is CC1C(=O)NC2(CCCC2)C(=O)N1CC1CCSCC1. The Bertz CT molecular complexity index is 401. The summed E-state index contributed by atoms with van der Waals surface area (Å²) in [5.74, 6) is 3.18. The third-order valence-corrected chi connectivity index (χ3v) is 6.18. The van der Waals surface area contributed by atoms with Crippen molar-refractivity contribution in [2.75, 3.05) is 18.1 Å². The molecule has 1 aliphatic carbocycles. The molecular weight excluding hydrogens is 272 g/mol. The van der Waals surface area contributed by atoms with Crippen molar-refractivity contribution in [3.8, 4) is 0 Å². The molecule has 3 aliphatic rings. The van der Waals surface area contributed by atoms with Gasteiger partial charge in [-0.1, -0.05) is 12.8 Å². The Morgan fingerprint density at radius 2 is 1.90 bits per heavy atom. The Hall–Kier alpha value is -0.710. The standard InChI is InChI=1S/C15H24N2O2S/c1-11-13(18)16-15(6-2-3-7-15)14(19)17(11)10-12-4-8-20-9-5-12/h11-12H,2-10H2,1H3,(H,16,18). The predicted octanol–water partition coefficient (Wildman–Crippen LogP) is 1.79. The molecule has 2 aliphatic heterocycles. The minimum atomic E-state index is -0.562. The van der Waals surface area contributed by atoms with Crippen LogP contribution in [0.4, 0.5) is 0 Å². The molecule has 1 spiro atoms. The number of rotatable bonds is 2. The number of thioether (sulfide) groups is 1. The van der Waals surface area contributed by atoms with E-state index in [4.69, 9.17) is 0 Å². The van der Waals surface area contributed by atoms with Gasteiger partial charge in [-0.25, -0.2) is 0 Å². The molecular formula is C15H24N2O2S. The van der Waals surface area contributed by atoms with Crippen LogP contribution in [0.25, 0.3) is 0 Å². The van der Waals surface area contributed by atoms with Gasteiger partial charge in [0, 0.05) is 6.54 Å². The predicted molar refractivity (Wildman–Crippen MR) is 80.6 cm³/mol. The quantitative estimate of drug-likeness (QED) is 0.845. The molecule has 2 amide bonds. The van der Waals surface area contributed by atoms with Crippen LogP contribution >= 0.6 is 11.8 Å². The van der Waals surface area contributed by atoms with E-state index in [1.54, 1.807) is 0 Å². The lowest BCUT2D eigenvalue weighted by Gasteiger charge is -2.44. The molecule has 0 aromatic heterocycles. The van der Waals surface area contributed by atoms with Crippen LogP contribution in [0.2, 0.25) is 0 Å². The summed E-state index contributed by atoms with van der Waals surface area (Å²) in [6.45, 7) is 2.64. The Kier molecular flexibility index (Phi) is 3.98. The smallest absolute Gasteiger partial charge is 0.249 e. The number of carbonyl (C=O) groups is 2. The van der Waals surface area contributed by atoms with Gasteiger partial charge >= 0.3 is 0 Å². The van der Waals surface area contributed by atoms with Gasteiger partial charge in [0.15, 0.2) is 0 Å². The second-order valence-corrected chi connectivity index (χ2v) is 7.69. The molecule has 1 atom stereocenters. The van der Waals surface area contributed by atoms with Crippen LogP contribution in [0.5, 0.6) is 0 Å². The molecule has 3 fully saturated rings. The fraction of sp³-hybridized carbons (Fsp3) is 0.867. The number of hydrogen-bond acceptors (Lipinski definition) is 3. The average Bonchev–Trinajstić information content (AvgIpc) is 2.92. The second kappa shape index (κ2) is 5.58. The maximum Gasteiger partial charge on any atom is 0.249 e. The van der Waals surface area contributed by atoms with Crippen molar-refractivity contribution in [1.82, 2.24) is 10.2 Å². The summed E-state index contributed by atoms with van der Waals surface area (Å²) in [6, 6.07) is -0.302. The highest BCUT2D eigenvalue weighted by atomic mass is 32.2. The molecule has 0 aromatic carbocycles. The minimum absolute atomic E-state index is 0.0386. The number of carbonyl (C=O) groups excluding carboxylic acids is 2. The molecule has 1 N–H and O–H groups in total. The van der Waals surface area contributed by atoms with E-state index in [1.807, 2.05) is 23.6 Å². The molecule has 0 bridgehead atoms. The normalized spacial score (nSPS) is 30.9. The molecule has 2 saturated heterocycles. The van der Waals surface area contributed by atoms with Gasteiger partial charge in [0.25, 0.3) is 0 Å². The van der Waals surface area contributed by atoms with Gasteiger partial charge < -0.3 is 10.2 Å². The van der Waals surface area contributed by atoms with Crippen molar-refractivity contribution < 1.29 is 9.59 Å². The number of nitrogens with zero attached hydrogens (tertiary/aromatic N) is 1. The van der Waals surface area contributed by atoms with Gasteiger partial charge in [-0.05, 0) is 50.0 Å². The van der Waals surface area contributed by atoms with Crippen LogP contribution in [0.15, 0.2) is 0 Å². The zero-order valence-corrected chi connectivity index (χ0v) is 13.0. The Balaban J connectivity index is 1.75. The Labute approximate surface area is 125 Å². The summed E-state index contributed by atoms with van der Waals surface area (Å²) in [5.41, 5.74) is -0.562. The van der Waals surface area contributed by atoms with Crippen molar-refractivity contribution in [3.63, 3.8) is 0 Å². The highest BCUT2D eigenvalue weighted by molar-refractivity contribution is 7.99. The fourth-order valence-corrected chi connectivity index (χ4v) is 4.96. The molecule has 1 unspecified atom stereocenters. The molecule has 2 heterocycles. The number of nitrogens with one attached hydrogen (secondary N) is 1. The summed E-state index contributed by atoms with van der Waals surface area (Å²) >= 11 is 2.00. The zero-order valence-electron chi connectivity index (χ0n) is 12.2. The van der Waals surface area contributed by atoms with Crippen molar-refractivity contribution in [2.45, 2.75) is 57.0 Å². The van der Waals surface area contributed by atoms with E-state index >= 15 is 0 Å². The summed E-state index contributed by atoms with van der Waals surface area (Å²) in [4.78, 5) is 27.0. The van der Waals surface area contributed by atoms with Crippen molar-refractivity contribution >= 4 is 23.6 Å². The van der Waals surface area contributed by atoms with Gasteiger partial charge in [-0.3, -0.25) is 9.59 Å². The summed E-state index contributed by atoms with van der Waals surface area (Å²) in [7, 11) is 0. The highest BCUT2D eigenvalue weighted by Gasteiger charge is 2.51. The molecule has 1 saturated carbocycles. The van der Waals surface area contributed by atoms with Crippen molar-refractivity contribution in [3.05, 3.63) is 0 Å². The van der Waals surface area contributed by atoms with Gasteiger partial charge in [0.05, 0.1) is 0 Å². The first kappa shape index (κ1) is 14.2. The van der Waals surface area contributed by atoms with Crippen LogP contribution < -0.4 is 5.32 Å². The van der Waals surface area contributed by atoms with Crippen LogP contribution in [0, 0.1) is 5.92 Å².